The van der Waals surface area contributed by atoms with E-state index in [9.17, 15) is 9.13 Å². The predicted octanol–water partition coefficient (Wildman–Crippen LogP) is 2.86. The van der Waals surface area contributed by atoms with Crippen LogP contribution in [0.4, 0.5) is 0 Å². The third-order valence-corrected chi connectivity index (χ3v) is 3.14. The van der Waals surface area contributed by atoms with Crippen LogP contribution in [0.2, 0.25) is 0 Å². The number of halogens is 4. The van der Waals surface area contributed by atoms with Gasteiger partial charge in [-0.05, 0) is 0 Å². The maximum atomic E-state index is 9.80. The molecule has 0 atom stereocenters. The molecular weight excluding hydrogens is 332 g/mol. The molecule has 0 aliphatic carbocycles. The van der Waals surface area contributed by atoms with E-state index in [4.69, 9.17) is 9.79 Å². The van der Waals surface area contributed by atoms with Crippen molar-refractivity contribution in [2.45, 2.75) is 0 Å². The molecule has 0 unspecified atom stereocenters. The Morgan fingerprint density at radius 1 is 0.714 bits per heavy atom. The second-order valence-electron chi connectivity index (χ2n) is 1.21. The molecule has 0 saturated heterocycles. The minimum Gasteiger partial charge on any atom is -0.301 e. The SMILES string of the molecule is O=P(O)(OCl)OCl.O=P(O)(OCl)OCl. The molecule has 0 amide bonds. The van der Waals surface area contributed by atoms with Gasteiger partial charge in [0.15, 0.2) is 0 Å². The van der Waals surface area contributed by atoms with Crippen LogP contribution in [0.5, 0.6) is 0 Å². The van der Waals surface area contributed by atoms with Gasteiger partial charge in [-0.2, -0.15) is 16.3 Å². The van der Waals surface area contributed by atoms with Crippen LogP contribution in [0.15, 0.2) is 0 Å². The van der Waals surface area contributed by atoms with Crippen molar-refractivity contribution in [2.75, 3.05) is 0 Å². The lowest BCUT2D eigenvalue weighted by Crippen LogP contribution is -1.73. The van der Waals surface area contributed by atoms with E-state index < -0.39 is 15.6 Å². The molecule has 2 N–H and O–H groups in total. The molecule has 0 radical (unpaired) electrons. The molecule has 88 valence electrons. The molecule has 0 aliphatic heterocycles. The molecule has 0 rings (SSSR count). The lowest BCUT2D eigenvalue weighted by Gasteiger charge is -1.95. The van der Waals surface area contributed by atoms with Crippen LogP contribution in [0.25, 0.3) is 0 Å². The maximum absolute atomic E-state index is 9.80. The fraction of sp³-hybridized carbons (Fsp3) is 0. The van der Waals surface area contributed by atoms with Gasteiger partial charge < -0.3 is 9.79 Å². The molecule has 0 aliphatic rings. The van der Waals surface area contributed by atoms with Crippen molar-refractivity contribution in [3.05, 3.63) is 0 Å². The molecule has 0 bridgehead atoms. The van der Waals surface area contributed by atoms with E-state index in [1.54, 1.807) is 0 Å². The molecule has 0 aromatic rings. The Hall–Kier alpha value is 1.38. The Kier molecular flexibility index (Phi) is 10.8. The first kappa shape index (κ1) is 17.8. The van der Waals surface area contributed by atoms with Gasteiger partial charge in [0, 0.05) is 0 Å². The summed E-state index contributed by atoms with van der Waals surface area (Å²) in [4.78, 5) is 16.0. The Morgan fingerprint density at radius 3 is 0.857 bits per heavy atom. The lowest BCUT2D eigenvalue weighted by molar-refractivity contribution is 0.308. The van der Waals surface area contributed by atoms with Crippen molar-refractivity contribution in [2.24, 2.45) is 0 Å². The second kappa shape index (κ2) is 8.52. The molecule has 0 saturated carbocycles. The normalized spacial score (nSPS) is 11.9. The van der Waals surface area contributed by atoms with Gasteiger partial charge in [-0.15, -0.1) is 0 Å². The van der Waals surface area contributed by atoms with Gasteiger partial charge in [0.25, 0.3) is 0 Å². The summed E-state index contributed by atoms with van der Waals surface area (Å²) in [5.74, 6) is 0. The third kappa shape index (κ3) is 11.5. The summed E-state index contributed by atoms with van der Waals surface area (Å²) in [6.45, 7) is 0. The summed E-state index contributed by atoms with van der Waals surface area (Å²) >= 11 is 17.5. The van der Waals surface area contributed by atoms with Gasteiger partial charge in [-0.25, -0.2) is 9.13 Å². The summed E-state index contributed by atoms with van der Waals surface area (Å²) in [5.41, 5.74) is 0. The van der Waals surface area contributed by atoms with Crippen molar-refractivity contribution < 1.29 is 35.2 Å². The van der Waals surface area contributed by atoms with E-state index in [-0.39, 0.29) is 0 Å². The van der Waals surface area contributed by atoms with Crippen molar-refractivity contribution in [1.29, 1.82) is 0 Å². The first-order valence-corrected chi connectivity index (χ1v) is 6.34. The number of phosphoric acid groups is 2. The van der Waals surface area contributed by atoms with E-state index in [0.717, 1.165) is 0 Å². The quantitative estimate of drug-likeness (QED) is 0.755. The molecule has 0 aromatic heterocycles. The molecule has 8 nitrogen and oxygen atoms in total. The summed E-state index contributed by atoms with van der Waals surface area (Å²) in [5, 5.41) is 0. The van der Waals surface area contributed by atoms with Gasteiger partial charge >= 0.3 is 15.6 Å². The summed E-state index contributed by atoms with van der Waals surface area (Å²) in [6, 6.07) is 0. The Morgan fingerprint density at radius 2 is 0.857 bits per heavy atom. The van der Waals surface area contributed by atoms with Gasteiger partial charge in [0.2, 0.25) is 0 Å². The molecule has 0 spiro atoms. The lowest BCUT2D eigenvalue weighted by atomic mass is 15.7. The van der Waals surface area contributed by atoms with Crippen molar-refractivity contribution >= 4 is 63.1 Å². The molecular formula is H2Cl4O8P2. The van der Waals surface area contributed by atoms with Crippen molar-refractivity contribution in [1.82, 2.24) is 0 Å². The van der Waals surface area contributed by atoms with Crippen molar-refractivity contribution in [3.8, 4) is 0 Å². The van der Waals surface area contributed by atoms with Crippen LogP contribution in [0.1, 0.15) is 0 Å². The average Bonchev–Trinajstić information content (AvgIpc) is 2.19. The van der Waals surface area contributed by atoms with Gasteiger partial charge in [-0.1, -0.05) is 0 Å². The first-order valence-electron chi connectivity index (χ1n) is 2.11. The van der Waals surface area contributed by atoms with Crippen molar-refractivity contribution in [3.63, 3.8) is 0 Å². The molecule has 0 fully saturated rings. The number of hydrogen-bond donors (Lipinski definition) is 2. The van der Waals surface area contributed by atoms with E-state index in [1.165, 1.54) is 0 Å². The highest BCUT2D eigenvalue weighted by Crippen LogP contribution is 2.46. The van der Waals surface area contributed by atoms with Gasteiger partial charge in [0.1, 0.15) is 0 Å². The zero-order valence-corrected chi connectivity index (χ0v) is 10.6. The summed E-state index contributed by atoms with van der Waals surface area (Å²) in [6.07, 6.45) is 0. The number of rotatable bonds is 4. The van der Waals surface area contributed by atoms with Crippen LogP contribution >= 0.6 is 63.1 Å². The number of hydrogen-bond acceptors (Lipinski definition) is 6. The molecule has 14 heteroatoms. The summed E-state index contributed by atoms with van der Waals surface area (Å²) in [7, 11) is -8.25. The predicted molar refractivity (Wildman–Crippen MR) is 47.4 cm³/mol. The standard InChI is InChI=1S/2Cl2HO4P/c2*1-5-7(3,4)6-2/h2*(H,3,4). The Labute approximate surface area is 98.4 Å². The van der Waals surface area contributed by atoms with E-state index in [1.807, 2.05) is 0 Å². The fourth-order valence-corrected chi connectivity index (χ4v) is 0.575. The summed E-state index contributed by atoms with van der Waals surface area (Å²) < 4.78 is 32.9. The maximum Gasteiger partial charge on any atom is 0.505 e. The monoisotopic (exact) mass is 332 g/mol. The van der Waals surface area contributed by atoms with E-state index in [0.29, 0.717) is 0 Å². The highest BCUT2D eigenvalue weighted by Gasteiger charge is 2.19. The van der Waals surface area contributed by atoms with E-state index in [2.05, 4.69) is 63.8 Å². The third-order valence-electron chi connectivity index (χ3n) is 0.349. The zero-order chi connectivity index (χ0) is 11.8. The molecule has 0 aromatic carbocycles. The first-order chi connectivity index (χ1) is 6.24. The van der Waals surface area contributed by atoms with Crippen LogP contribution in [0, 0.1) is 0 Å². The Balaban J connectivity index is 0. The fourth-order valence-electron chi connectivity index (χ4n) is 0.0213. The zero-order valence-electron chi connectivity index (χ0n) is 5.75. The molecule has 14 heavy (non-hydrogen) atoms. The highest BCUT2D eigenvalue weighted by atomic mass is 35.5. The topological polar surface area (TPSA) is 112 Å². The van der Waals surface area contributed by atoms with Gasteiger partial charge in [-0.3, -0.25) is 0 Å². The largest absolute Gasteiger partial charge is 0.505 e. The van der Waals surface area contributed by atoms with Crippen LogP contribution in [0.3, 0.4) is 0 Å². The van der Waals surface area contributed by atoms with Crippen LogP contribution < -0.4 is 0 Å². The van der Waals surface area contributed by atoms with Crippen LogP contribution in [-0.4, -0.2) is 9.79 Å². The smallest absolute Gasteiger partial charge is 0.301 e. The second-order valence-corrected chi connectivity index (χ2v) is 5.30. The molecule has 0 heterocycles. The average molecular weight is 334 g/mol. The Bertz CT molecular complexity index is 187. The van der Waals surface area contributed by atoms with E-state index >= 15 is 0 Å². The highest BCUT2D eigenvalue weighted by molar-refractivity contribution is 7.49. The van der Waals surface area contributed by atoms with Gasteiger partial charge in [0.05, 0.1) is 47.5 Å². The van der Waals surface area contributed by atoms with Crippen LogP contribution in [-0.2, 0) is 25.4 Å². The minimum atomic E-state index is -4.12. The minimum absolute atomic E-state index is 3.32.